The van der Waals surface area contributed by atoms with E-state index in [1.807, 2.05) is 0 Å². The lowest BCUT2D eigenvalue weighted by molar-refractivity contribution is 0.601. The Morgan fingerprint density at radius 3 is 2.60 bits per heavy atom. The van der Waals surface area contributed by atoms with Gasteiger partial charge in [0.2, 0.25) is 14.2 Å². The van der Waals surface area contributed by atoms with Crippen LogP contribution in [0.1, 0.15) is 0 Å². The maximum absolute atomic E-state index is 11.3. The molecule has 1 aromatic heterocycles. The Bertz CT molecular complexity index is 633. The van der Waals surface area contributed by atoms with Crippen molar-refractivity contribution >= 4 is 54.6 Å². The van der Waals surface area contributed by atoms with Crippen molar-refractivity contribution in [3.05, 3.63) is 22.2 Å². The number of hydrogen-bond donors (Lipinski definition) is 0. The predicted octanol–water partition coefficient (Wildman–Crippen LogP) is 3.01. The topological polar surface area (TPSA) is 47.0 Å². The largest absolute Gasteiger partial charge is 0.225 e. The molecule has 1 aromatic carbocycles. The van der Waals surface area contributed by atoms with Crippen LogP contribution in [0, 0.1) is 0 Å². The van der Waals surface area contributed by atoms with Gasteiger partial charge in [0.05, 0.1) is 20.3 Å². The van der Waals surface area contributed by atoms with Gasteiger partial charge in [-0.15, -0.1) is 11.3 Å². The Kier molecular flexibility index (Phi) is 2.66. The van der Waals surface area contributed by atoms with Crippen LogP contribution in [-0.2, 0) is 9.84 Å². The molecule has 3 nitrogen and oxygen atoms in total. The first-order valence-corrected chi connectivity index (χ1v) is 7.30. The Hall–Kier alpha value is -0.360. The van der Waals surface area contributed by atoms with Crippen molar-refractivity contribution in [2.24, 2.45) is 0 Å². The Labute approximate surface area is 101 Å². The summed E-state index contributed by atoms with van der Waals surface area (Å²) in [5, 5.41) is 0.745. The van der Waals surface area contributed by atoms with E-state index >= 15 is 0 Å². The van der Waals surface area contributed by atoms with E-state index in [9.17, 15) is 8.42 Å². The quantitative estimate of drug-likeness (QED) is 0.807. The number of nitrogens with zero attached hydrogens (tertiary/aromatic N) is 1. The van der Waals surface area contributed by atoms with Crippen LogP contribution in [0.5, 0.6) is 0 Å². The second-order valence-electron chi connectivity index (χ2n) is 2.96. The Morgan fingerprint density at radius 2 is 2.00 bits per heavy atom. The number of benzene rings is 1. The zero-order valence-corrected chi connectivity index (χ0v) is 10.6. The molecular weight excluding hydrogens is 277 g/mol. The van der Waals surface area contributed by atoms with E-state index in [1.165, 1.54) is 0 Å². The summed E-state index contributed by atoms with van der Waals surface area (Å²) in [6, 6.07) is 3.24. The van der Waals surface area contributed by atoms with E-state index in [1.54, 1.807) is 12.1 Å². The van der Waals surface area contributed by atoms with Gasteiger partial charge >= 0.3 is 0 Å². The molecular formula is C8H5Cl2NO2S2. The first kappa shape index (κ1) is 11.1. The molecule has 0 N–H and O–H groups in total. The van der Waals surface area contributed by atoms with Gasteiger partial charge in [-0.05, 0) is 12.1 Å². The molecule has 0 atom stereocenters. The Balaban J connectivity index is 2.83. The van der Waals surface area contributed by atoms with Gasteiger partial charge in [-0.2, -0.15) is 0 Å². The van der Waals surface area contributed by atoms with Crippen LogP contribution in [0.2, 0.25) is 10.0 Å². The summed E-state index contributed by atoms with van der Waals surface area (Å²) >= 11 is 12.8. The maximum atomic E-state index is 11.3. The van der Waals surface area contributed by atoms with Crippen molar-refractivity contribution in [1.82, 2.24) is 4.98 Å². The molecule has 2 rings (SSSR count). The molecule has 15 heavy (non-hydrogen) atoms. The highest BCUT2D eigenvalue weighted by atomic mass is 35.5. The number of rotatable bonds is 1. The third kappa shape index (κ3) is 1.97. The highest BCUT2D eigenvalue weighted by Crippen LogP contribution is 2.35. The van der Waals surface area contributed by atoms with Crippen molar-refractivity contribution in [2.45, 2.75) is 4.34 Å². The molecule has 0 radical (unpaired) electrons. The van der Waals surface area contributed by atoms with E-state index in [0.29, 0.717) is 20.3 Å². The number of halogens is 2. The van der Waals surface area contributed by atoms with Crippen molar-refractivity contribution < 1.29 is 8.42 Å². The fourth-order valence-corrected chi connectivity index (χ4v) is 3.42. The van der Waals surface area contributed by atoms with Gasteiger partial charge in [0.25, 0.3) is 0 Å². The van der Waals surface area contributed by atoms with Gasteiger partial charge in [-0.3, -0.25) is 0 Å². The molecule has 0 spiro atoms. The molecule has 0 aliphatic carbocycles. The number of thiazole rings is 1. The van der Waals surface area contributed by atoms with Crippen molar-refractivity contribution in [3.63, 3.8) is 0 Å². The van der Waals surface area contributed by atoms with Gasteiger partial charge in [-0.1, -0.05) is 23.2 Å². The van der Waals surface area contributed by atoms with Crippen LogP contribution in [-0.4, -0.2) is 19.7 Å². The third-order valence-electron chi connectivity index (χ3n) is 1.75. The van der Waals surface area contributed by atoms with Gasteiger partial charge in [0, 0.05) is 6.26 Å². The molecule has 7 heteroatoms. The SMILES string of the molecule is CS(=O)(=O)c1nc2ccc(Cl)c(Cl)c2s1. The van der Waals surface area contributed by atoms with E-state index in [2.05, 4.69) is 4.98 Å². The fourth-order valence-electron chi connectivity index (χ4n) is 1.07. The molecule has 0 aliphatic rings. The van der Waals surface area contributed by atoms with Crippen molar-refractivity contribution in [1.29, 1.82) is 0 Å². The van der Waals surface area contributed by atoms with Gasteiger partial charge in [0.15, 0.2) is 0 Å². The molecule has 0 amide bonds. The minimum Gasteiger partial charge on any atom is -0.225 e. The second kappa shape index (κ2) is 3.59. The second-order valence-corrected chi connectivity index (χ2v) is 6.94. The first-order valence-electron chi connectivity index (χ1n) is 3.84. The average Bonchev–Trinajstić information content (AvgIpc) is 2.55. The molecule has 0 fully saturated rings. The number of aromatic nitrogens is 1. The van der Waals surface area contributed by atoms with Crippen LogP contribution in [0.4, 0.5) is 0 Å². The summed E-state index contributed by atoms with van der Waals surface area (Å²) in [4.78, 5) is 3.97. The number of sulfone groups is 1. The van der Waals surface area contributed by atoms with E-state index in [-0.39, 0.29) is 4.34 Å². The molecule has 0 saturated heterocycles. The van der Waals surface area contributed by atoms with E-state index in [0.717, 1.165) is 17.6 Å². The van der Waals surface area contributed by atoms with Crippen LogP contribution >= 0.6 is 34.5 Å². The molecule has 0 unspecified atom stereocenters. The zero-order chi connectivity index (χ0) is 11.2. The summed E-state index contributed by atoms with van der Waals surface area (Å²) in [6.45, 7) is 0. The summed E-state index contributed by atoms with van der Waals surface area (Å²) < 4.78 is 23.2. The van der Waals surface area contributed by atoms with Gasteiger partial charge < -0.3 is 0 Å². The lowest BCUT2D eigenvalue weighted by Crippen LogP contribution is -1.94. The van der Waals surface area contributed by atoms with Crippen LogP contribution in [0.3, 0.4) is 0 Å². The monoisotopic (exact) mass is 281 g/mol. The molecule has 0 saturated carbocycles. The highest BCUT2D eigenvalue weighted by molar-refractivity contribution is 7.92. The minimum atomic E-state index is -3.29. The molecule has 1 heterocycles. The molecule has 80 valence electrons. The maximum Gasteiger partial charge on any atom is 0.210 e. The summed E-state index contributed by atoms with van der Waals surface area (Å²) in [5.41, 5.74) is 0.551. The lowest BCUT2D eigenvalue weighted by Gasteiger charge is -1.93. The first-order chi connectivity index (χ1) is 6.89. The zero-order valence-electron chi connectivity index (χ0n) is 7.49. The lowest BCUT2D eigenvalue weighted by atomic mass is 10.3. The molecule has 0 aliphatic heterocycles. The summed E-state index contributed by atoms with van der Waals surface area (Å²) in [7, 11) is -3.29. The average molecular weight is 282 g/mol. The van der Waals surface area contributed by atoms with Crippen LogP contribution in [0.25, 0.3) is 10.2 Å². The normalized spacial score (nSPS) is 12.2. The minimum absolute atomic E-state index is 0.0571. The predicted molar refractivity (Wildman–Crippen MR) is 62.7 cm³/mol. The summed E-state index contributed by atoms with van der Waals surface area (Å²) in [6.07, 6.45) is 1.11. The smallest absolute Gasteiger partial charge is 0.210 e. The van der Waals surface area contributed by atoms with Crippen LogP contribution < -0.4 is 0 Å². The number of hydrogen-bond acceptors (Lipinski definition) is 4. The van der Waals surface area contributed by atoms with Crippen molar-refractivity contribution in [2.75, 3.05) is 6.26 Å². The fraction of sp³-hybridized carbons (Fsp3) is 0.125. The number of fused-ring (bicyclic) bond motifs is 1. The van der Waals surface area contributed by atoms with Gasteiger partial charge in [-0.25, -0.2) is 13.4 Å². The third-order valence-corrected chi connectivity index (χ3v) is 5.43. The summed E-state index contributed by atoms with van der Waals surface area (Å²) in [5.74, 6) is 0. The standard InChI is InChI=1S/C8H5Cl2NO2S2/c1-15(12,13)8-11-5-3-2-4(9)6(10)7(5)14-8/h2-3H,1H3. The highest BCUT2D eigenvalue weighted by Gasteiger charge is 2.16. The van der Waals surface area contributed by atoms with Gasteiger partial charge in [0.1, 0.15) is 0 Å². The van der Waals surface area contributed by atoms with E-state index in [4.69, 9.17) is 23.2 Å². The van der Waals surface area contributed by atoms with E-state index < -0.39 is 9.84 Å². The van der Waals surface area contributed by atoms with Crippen LogP contribution in [0.15, 0.2) is 16.5 Å². The molecule has 0 bridgehead atoms. The Morgan fingerprint density at radius 1 is 1.33 bits per heavy atom. The molecule has 2 aromatic rings. The van der Waals surface area contributed by atoms with Crippen molar-refractivity contribution in [3.8, 4) is 0 Å².